The lowest BCUT2D eigenvalue weighted by Gasteiger charge is -2.46. The third kappa shape index (κ3) is 5.40. The van der Waals surface area contributed by atoms with Gasteiger partial charge in [0.25, 0.3) is 11.5 Å². The number of hydrogen-bond acceptors (Lipinski definition) is 7. The lowest BCUT2D eigenvalue weighted by molar-refractivity contribution is 0.0127. The summed E-state index contributed by atoms with van der Waals surface area (Å²) in [5.41, 5.74) is 1.99. The molecule has 0 amide bonds. The number of fused-ring (bicyclic) bond motifs is 1. The molecule has 5 heterocycles. The molecule has 1 spiro atoms. The number of alkyl halides is 2. The Bertz CT molecular complexity index is 1640. The van der Waals surface area contributed by atoms with Crippen LogP contribution in [0.25, 0.3) is 16.9 Å². The summed E-state index contributed by atoms with van der Waals surface area (Å²) in [7, 11) is 2.21. The molecule has 2 aliphatic rings. The van der Waals surface area contributed by atoms with Gasteiger partial charge in [-0.1, -0.05) is 12.1 Å². The Hall–Kier alpha value is -4.12. The van der Waals surface area contributed by atoms with E-state index in [1.165, 1.54) is 72.2 Å². The second-order valence-corrected chi connectivity index (χ2v) is 11.7. The van der Waals surface area contributed by atoms with E-state index in [-0.39, 0.29) is 34.9 Å². The van der Waals surface area contributed by atoms with Gasteiger partial charge in [-0.2, -0.15) is 13.8 Å². The molecular formula is C31H36F2N8O. The summed E-state index contributed by atoms with van der Waals surface area (Å²) >= 11 is 0. The van der Waals surface area contributed by atoms with Crippen LogP contribution in [-0.4, -0.2) is 62.4 Å². The van der Waals surface area contributed by atoms with E-state index in [1.54, 1.807) is 12.1 Å². The number of likely N-dealkylation sites (tertiary alicyclic amines) is 1. The van der Waals surface area contributed by atoms with Gasteiger partial charge in [-0.25, -0.2) is 19.3 Å². The summed E-state index contributed by atoms with van der Waals surface area (Å²) in [5.74, 6) is -2.71. The summed E-state index contributed by atoms with van der Waals surface area (Å²) < 4.78 is 30.9. The first-order chi connectivity index (χ1) is 20.2. The van der Waals surface area contributed by atoms with Crippen LogP contribution < -0.4 is 15.8 Å². The van der Waals surface area contributed by atoms with Crippen LogP contribution in [0.1, 0.15) is 38.3 Å². The Balaban J connectivity index is 1.24. The van der Waals surface area contributed by atoms with Crippen LogP contribution in [-0.2, 0) is 12.5 Å². The standard InChI is InChI=1S/C31H36F2N8O/c1-4-16-40-28(42)24-21-34-29(37-27(24)41(40)26-7-5-6-25(36-26)30(2,32)33)35-22-8-10-23(11-9-22)39-19-14-31(15-20-39)12-17-38(3)18-13-31/h4-11,21H,1,12-20H2,2-3H3,(H,34,35,37). The van der Waals surface area contributed by atoms with Crippen molar-refractivity contribution in [3.05, 3.63) is 77.4 Å². The van der Waals surface area contributed by atoms with Gasteiger partial charge in [-0.05, 0) is 87.6 Å². The van der Waals surface area contributed by atoms with Crippen molar-refractivity contribution < 1.29 is 8.78 Å². The number of nitrogens with zero attached hydrogens (tertiary/aromatic N) is 7. The molecule has 220 valence electrons. The molecule has 11 heteroatoms. The molecule has 1 aromatic carbocycles. The summed E-state index contributed by atoms with van der Waals surface area (Å²) in [5, 5.41) is 3.47. The van der Waals surface area contributed by atoms with Crippen molar-refractivity contribution in [2.24, 2.45) is 5.41 Å². The van der Waals surface area contributed by atoms with E-state index < -0.39 is 11.6 Å². The SMILES string of the molecule is C=CCn1c(=O)c2cnc(Nc3ccc(N4CCC5(CCN(C)CC5)CC4)cc3)nc2n1-c1cccc(C(C)(F)F)n1. The largest absolute Gasteiger partial charge is 0.371 e. The zero-order valence-corrected chi connectivity index (χ0v) is 24.1. The predicted molar refractivity (Wildman–Crippen MR) is 161 cm³/mol. The van der Waals surface area contributed by atoms with E-state index in [0.717, 1.165) is 25.7 Å². The van der Waals surface area contributed by atoms with Gasteiger partial charge >= 0.3 is 0 Å². The summed E-state index contributed by atoms with van der Waals surface area (Å²) in [4.78, 5) is 31.2. The second-order valence-electron chi connectivity index (χ2n) is 11.7. The van der Waals surface area contributed by atoms with Gasteiger partial charge in [-0.3, -0.25) is 4.79 Å². The number of rotatable bonds is 7. The molecule has 0 bridgehead atoms. The molecule has 6 rings (SSSR count). The zero-order chi connectivity index (χ0) is 29.5. The van der Waals surface area contributed by atoms with Crippen molar-refractivity contribution in [3.8, 4) is 5.82 Å². The van der Waals surface area contributed by atoms with Crippen LogP contribution in [0.15, 0.2) is 66.1 Å². The Morgan fingerprint density at radius 1 is 1.02 bits per heavy atom. The highest BCUT2D eigenvalue weighted by atomic mass is 19.3. The highest BCUT2D eigenvalue weighted by Crippen LogP contribution is 2.42. The fourth-order valence-corrected chi connectivity index (χ4v) is 6.11. The molecular weight excluding hydrogens is 538 g/mol. The first-order valence-electron chi connectivity index (χ1n) is 14.4. The van der Waals surface area contributed by atoms with Crippen molar-refractivity contribution in [1.29, 1.82) is 0 Å². The normalized spacial score (nSPS) is 17.6. The molecule has 42 heavy (non-hydrogen) atoms. The predicted octanol–water partition coefficient (Wildman–Crippen LogP) is 5.33. The average molecular weight is 575 g/mol. The Kier molecular flexibility index (Phi) is 7.30. The van der Waals surface area contributed by atoms with Gasteiger partial charge in [0.2, 0.25) is 5.95 Å². The minimum atomic E-state index is -3.14. The topological polar surface area (TPSA) is 84.1 Å². The Morgan fingerprint density at radius 2 is 1.71 bits per heavy atom. The number of pyridine rings is 1. The minimum Gasteiger partial charge on any atom is -0.371 e. The van der Waals surface area contributed by atoms with Gasteiger partial charge in [-0.15, -0.1) is 6.58 Å². The molecule has 2 saturated heterocycles. The maximum absolute atomic E-state index is 14.1. The number of aromatic nitrogens is 5. The third-order valence-corrected chi connectivity index (χ3v) is 8.74. The van der Waals surface area contributed by atoms with Gasteiger partial charge < -0.3 is 15.1 Å². The van der Waals surface area contributed by atoms with E-state index in [2.05, 4.69) is 55.8 Å². The number of halogens is 2. The molecule has 9 nitrogen and oxygen atoms in total. The first kappa shape index (κ1) is 28.0. The summed E-state index contributed by atoms with van der Waals surface area (Å²) in [6, 6.07) is 12.5. The van der Waals surface area contributed by atoms with Gasteiger partial charge in [0.05, 0.1) is 6.54 Å². The number of nitrogens with one attached hydrogen (secondary N) is 1. The molecule has 2 aliphatic heterocycles. The fourth-order valence-electron chi connectivity index (χ4n) is 6.11. The number of anilines is 3. The maximum Gasteiger partial charge on any atom is 0.287 e. The highest BCUT2D eigenvalue weighted by molar-refractivity contribution is 5.77. The van der Waals surface area contributed by atoms with Crippen molar-refractivity contribution in [1.82, 2.24) is 29.2 Å². The Labute approximate surface area is 243 Å². The van der Waals surface area contributed by atoms with Gasteiger partial charge in [0.15, 0.2) is 11.5 Å². The molecule has 0 saturated carbocycles. The lowest BCUT2D eigenvalue weighted by atomic mass is 9.71. The van der Waals surface area contributed by atoms with E-state index in [0.29, 0.717) is 5.41 Å². The highest BCUT2D eigenvalue weighted by Gasteiger charge is 2.36. The quantitative estimate of drug-likeness (QED) is 0.299. The number of benzene rings is 1. The van der Waals surface area contributed by atoms with Crippen molar-refractivity contribution in [3.63, 3.8) is 0 Å². The fraction of sp³-hybridized carbons (Fsp3) is 0.419. The minimum absolute atomic E-state index is 0.141. The van der Waals surface area contributed by atoms with Crippen LogP contribution in [0.4, 0.5) is 26.1 Å². The van der Waals surface area contributed by atoms with Crippen molar-refractivity contribution in [2.75, 3.05) is 43.4 Å². The molecule has 3 aromatic heterocycles. The number of piperidine rings is 2. The molecule has 2 fully saturated rings. The zero-order valence-electron chi connectivity index (χ0n) is 24.1. The van der Waals surface area contributed by atoms with Crippen LogP contribution in [0.3, 0.4) is 0 Å². The molecule has 0 atom stereocenters. The second kappa shape index (κ2) is 10.9. The molecule has 0 unspecified atom stereocenters. The van der Waals surface area contributed by atoms with Gasteiger partial charge in [0.1, 0.15) is 11.1 Å². The summed E-state index contributed by atoms with van der Waals surface area (Å²) in [6.45, 7) is 9.18. The van der Waals surface area contributed by atoms with Crippen molar-refractivity contribution in [2.45, 2.75) is 45.1 Å². The number of allylic oxidation sites excluding steroid dienone is 1. The van der Waals surface area contributed by atoms with Crippen molar-refractivity contribution >= 4 is 28.4 Å². The summed E-state index contributed by atoms with van der Waals surface area (Å²) in [6.07, 6.45) is 8.05. The third-order valence-electron chi connectivity index (χ3n) is 8.74. The van der Waals surface area contributed by atoms with Crippen LogP contribution in [0.5, 0.6) is 0 Å². The molecule has 4 aromatic rings. The maximum atomic E-state index is 14.1. The van der Waals surface area contributed by atoms with Crippen LogP contribution >= 0.6 is 0 Å². The smallest absolute Gasteiger partial charge is 0.287 e. The number of hydrogen-bond donors (Lipinski definition) is 1. The molecule has 1 N–H and O–H groups in total. The van der Waals surface area contributed by atoms with E-state index >= 15 is 0 Å². The first-order valence-corrected chi connectivity index (χ1v) is 14.4. The van der Waals surface area contributed by atoms with Gasteiger partial charge in [0, 0.05) is 37.6 Å². The monoisotopic (exact) mass is 574 g/mol. The van der Waals surface area contributed by atoms with E-state index in [1.807, 2.05) is 12.1 Å². The van der Waals surface area contributed by atoms with Crippen LogP contribution in [0, 0.1) is 5.41 Å². The average Bonchev–Trinajstić information content (AvgIpc) is 3.26. The Morgan fingerprint density at radius 3 is 2.38 bits per heavy atom. The lowest BCUT2D eigenvalue weighted by Crippen LogP contribution is -2.46. The molecule has 0 radical (unpaired) electrons. The van der Waals surface area contributed by atoms with Crippen LogP contribution in [0.2, 0.25) is 0 Å². The van der Waals surface area contributed by atoms with E-state index in [9.17, 15) is 13.6 Å². The molecule has 0 aliphatic carbocycles. The van der Waals surface area contributed by atoms with E-state index in [4.69, 9.17) is 0 Å².